The SMILES string of the molecule is COC(=O)C1(C(=O)OC)C=C(C(C)=O)[C@H](c2ccc(Cl)cc2)[C@H]1C(F)(F)F. The number of halogens is 4. The van der Waals surface area contributed by atoms with Crippen molar-refractivity contribution in [2.45, 2.75) is 19.0 Å². The Bertz CT molecular complexity index is 782. The maximum atomic E-state index is 14.1. The van der Waals surface area contributed by atoms with Crippen molar-refractivity contribution < 1.29 is 37.0 Å². The van der Waals surface area contributed by atoms with Gasteiger partial charge in [0.05, 0.1) is 20.1 Å². The van der Waals surface area contributed by atoms with E-state index >= 15 is 0 Å². The van der Waals surface area contributed by atoms with Crippen molar-refractivity contribution in [2.75, 3.05) is 14.2 Å². The molecule has 0 radical (unpaired) electrons. The van der Waals surface area contributed by atoms with Crippen LogP contribution in [0.5, 0.6) is 0 Å². The monoisotopic (exact) mass is 404 g/mol. The van der Waals surface area contributed by atoms with Crippen molar-refractivity contribution >= 4 is 29.3 Å². The van der Waals surface area contributed by atoms with Crippen LogP contribution in [0.15, 0.2) is 35.9 Å². The number of carbonyl (C=O) groups excluding carboxylic acids is 3. The fraction of sp³-hybridized carbons (Fsp3) is 0.389. The molecule has 146 valence electrons. The molecule has 27 heavy (non-hydrogen) atoms. The summed E-state index contributed by atoms with van der Waals surface area (Å²) in [4.78, 5) is 36.9. The molecule has 0 fully saturated rings. The average Bonchev–Trinajstić information content (AvgIpc) is 2.98. The van der Waals surface area contributed by atoms with Gasteiger partial charge in [-0.15, -0.1) is 0 Å². The van der Waals surface area contributed by atoms with E-state index in [2.05, 4.69) is 9.47 Å². The highest BCUT2D eigenvalue weighted by molar-refractivity contribution is 6.30. The standard InChI is InChI=1S/C18H16ClF3O5/c1-9(23)12-8-17(15(24)26-2,16(25)27-3)14(18(20,21)22)13(12)10-4-6-11(19)7-5-10/h4-8,13-14H,1-3H3/t13-,14+/m0/s1. The van der Waals surface area contributed by atoms with Crippen LogP contribution in [0.3, 0.4) is 0 Å². The van der Waals surface area contributed by atoms with Gasteiger partial charge in [0.15, 0.2) is 11.2 Å². The highest BCUT2D eigenvalue weighted by atomic mass is 35.5. The minimum Gasteiger partial charge on any atom is -0.468 e. The average molecular weight is 405 g/mol. The number of benzene rings is 1. The summed E-state index contributed by atoms with van der Waals surface area (Å²) in [5.41, 5.74) is -3.07. The number of carbonyl (C=O) groups is 3. The number of hydrogen-bond donors (Lipinski definition) is 0. The zero-order chi connectivity index (χ0) is 20.6. The van der Waals surface area contributed by atoms with Crippen molar-refractivity contribution in [1.82, 2.24) is 0 Å². The van der Waals surface area contributed by atoms with Gasteiger partial charge in [-0.3, -0.25) is 14.4 Å². The largest absolute Gasteiger partial charge is 0.468 e. The zero-order valence-corrected chi connectivity index (χ0v) is 15.4. The summed E-state index contributed by atoms with van der Waals surface area (Å²) in [5.74, 6) is -7.79. The molecule has 2 atom stereocenters. The van der Waals surface area contributed by atoms with Crippen LogP contribution in [-0.4, -0.2) is 38.1 Å². The van der Waals surface area contributed by atoms with E-state index in [1.54, 1.807) is 0 Å². The molecule has 0 aromatic heterocycles. The molecule has 1 aliphatic carbocycles. The number of esters is 2. The lowest BCUT2D eigenvalue weighted by atomic mass is 9.71. The van der Waals surface area contributed by atoms with Crippen LogP contribution in [0, 0.1) is 11.3 Å². The van der Waals surface area contributed by atoms with Crippen LogP contribution in [0.4, 0.5) is 13.2 Å². The quantitative estimate of drug-likeness (QED) is 0.567. The molecule has 1 aromatic carbocycles. The van der Waals surface area contributed by atoms with E-state index in [1.807, 2.05) is 0 Å². The van der Waals surface area contributed by atoms with Gasteiger partial charge in [0.2, 0.25) is 0 Å². The Morgan fingerprint density at radius 3 is 1.89 bits per heavy atom. The molecule has 1 aromatic rings. The van der Waals surface area contributed by atoms with E-state index in [1.165, 1.54) is 24.3 Å². The normalized spacial score (nSPS) is 21.4. The molecule has 0 saturated heterocycles. The van der Waals surface area contributed by atoms with Gasteiger partial charge in [0, 0.05) is 16.5 Å². The molecule has 0 heterocycles. The lowest BCUT2D eigenvalue weighted by Gasteiger charge is -2.34. The molecule has 2 rings (SSSR count). The summed E-state index contributed by atoms with van der Waals surface area (Å²) >= 11 is 5.79. The summed E-state index contributed by atoms with van der Waals surface area (Å²) in [7, 11) is 1.72. The maximum Gasteiger partial charge on any atom is 0.394 e. The van der Waals surface area contributed by atoms with Crippen LogP contribution in [0.2, 0.25) is 5.02 Å². The van der Waals surface area contributed by atoms with E-state index in [4.69, 9.17) is 11.6 Å². The van der Waals surface area contributed by atoms with E-state index in [-0.39, 0.29) is 16.2 Å². The summed E-state index contributed by atoms with van der Waals surface area (Å²) in [6.07, 6.45) is -4.30. The molecular weight excluding hydrogens is 389 g/mol. The van der Waals surface area contributed by atoms with Crippen LogP contribution < -0.4 is 0 Å². The third-order valence-corrected chi connectivity index (χ3v) is 4.83. The summed E-state index contributed by atoms with van der Waals surface area (Å²) in [5, 5.41) is 0.279. The molecule has 0 bridgehead atoms. The Kier molecular flexibility index (Phi) is 5.70. The van der Waals surface area contributed by atoms with Gasteiger partial charge >= 0.3 is 18.1 Å². The van der Waals surface area contributed by atoms with Gasteiger partial charge in [-0.1, -0.05) is 23.7 Å². The van der Waals surface area contributed by atoms with Crippen LogP contribution >= 0.6 is 11.6 Å². The number of Topliss-reactive ketones (excluding diaryl/α,β-unsaturated/α-hetero) is 1. The summed E-state index contributed by atoms with van der Waals surface area (Å²) in [6.45, 7) is 1.06. The predicted octanol–water partition coefficient (Wildman–Crippen LogP) is 3.46. The molecule has 5 nitrogen and oxygen atoms in total. The van der Waals surface area contributed by atoms with Gasteiger partial charge in [-0.25, -0.2) is 0 Å². The second-order valence-electron chi connectivity index (χ2n) is 6.06. The van der Waals surface area contributed by atoms with Gasteiger partial charge < -0.3 is 9.47 Å². The minimum atomic E-state index is -5.03. The number of alkyl halides is 3. The smallest absolute Gasteiger partial charge is 0.394 e. The molecule has 1 aliphatic rings. The van der Waals surface area contributed by atoms with Crippen molar-refractivity contribution in [3.05, 3.63) is 46.5 Å². The summed E-state index contributed by atoms with van der Waals surface area (Å²) in [6, 6.07) is 5.34. The van der Waals surface area contributed by atoms with Gasteiger partial charge in [0.25, 0.3) is 0 Å². The predicted molar refractivity (Wildman–Crippen MR) is 89.0 cm³/mol. The van der Waals surface area contributed by atoms with E-state index in [0.717, 1.165) is 27.2 Å². The first kappa shape index (κ1) is 21.0. The van der Waals surface area contributed by atoms with E-state index in [0.29, 0.717) is 0 Å². The Hall–Kier alpha value is -2.35. The lowest BCUT2D eigenvalue weighted by Crippen LogP contribution is -2.50. The molecule has 0 aliphatic heterocycles. The Labute approximate surface area is 158 Å². The molecule has 0 N–H and O–H groups in total. The lowest BCUT2D eigenvalue weighted by molar-refractivity contribution is -0.216. The topological polar surface area (TPSA) is 69.7 Å². The van der Waals surface area contributed by atoms with Gasteiger partial charge in [0.1, 0.15) is 0 Å². The van der Waals surface area contributed by atoms with Crippen molar-refractivity contribution in [3.63, 3.8) is 0 Å². The second kappa shape index (κ2) is 7.34. The number of ether oxygens (including phenoxy) is 2. The fourth-order valence-corrected chi connectivity index (χ4v) is 3.60. The zero-order valence-electron chi connectivity index (χ0n) is 14.6. The number of allylic oxidation sites excluding steroid dienone is 1. The molecule has 0 spiro atoms. The number of rotatable bonds is 4. The summed E-state index contributed by atoms with van der Waals surface area (Å²) < 4.78 is 51.3. The van der Waals surface area contributed by atoms with Crippen LogP contribution in [0.1, 0.15) is 18.4 Å². The third-order valence-electron chi connectivity index (χ3n) is 4.58. The third kappa shape index (κ3) is 3.45. The fourth-order valence-electron chi connectivity index (χ4n) is 3.47. The molecule has 0 amide bonds. The van der Waals surface area contributed by atoms with Crippen molar-refractivity contribution in [1.29, 1.82) is 0 Å². The first-order valence-electron chi connectivity index (χ1n) is 7.73. The maximum absolute atomic E-state index is 14.1. The number of ketones is 1. The molecule has 9 heteroatoms. The van der Waals surface area contributed by atoms with Gasteiger partial charge in [-0.05, 0) is 30.7 Å². The van der Waals surface area contributed by atoms with Crippen LogP contribution in [0.25, 0.3) is 0 Å². The number of hydrogen-bond acceptors (Lipinski definition) is 5. The minimum absolute atomic E-state index is 0.0813. The highest BCUT2D eigenvalue weighted by Gasteiger charge is 2.69. The van der Waals surface area contributed by atoms with Crippen LogP contribution in [-0.2, 0) is 23.9 Å². The van der Waals surface area contributed by atoms with E-state index in [9.17, 15) is 27.6 Å². The van der Waals surface area contributed by atoms with Crippen molar-refractivity contribution in [3.8, 4) is 0 Å². The first-order chi connectivity index (χ1) is 12.5. The van der Waals surface area contributed by atoms with Gasteiger partial charge in [-0.2, -0.15) is 13.2 Å². The molecular formula is C18H16ClF3O5. The molecule has 0 saturated carbocycles. The Morgan fingerprint density at radius 1 is 1.04 bits per heavy atom. The Balaban J connectivity index is 2.84. The van der Waals surface area contributed by atoms with E-state index < -0.39 is 41.1 Å². The Morgan fingerprint density at radius 2 is 1.52 bits per heavy atom. The number of methoxy groups -OCH3 is 2. The highest BCUT2D eigenvalue weighted by Crippen LogP contribution is 2.58. The first-order valence-corrected chi connectivity index (χ1v) is 8.11. The second-order valence-corrected chi connectivity index (χ2v) is 6.49. The van der Waals surface area contributed by atoms with Crippen molar-refractivity contribution in [2.24, 2.45) is 11.3 Å². The molecule has 0 unspecified atom stereocenters.